The van der Waals surface area contributed by atoms with E-state index >= 15 is 0 Å². The Morgan fingerprint density at radius 1 is 0.529 bits per heavy atom. The van der Waals surface area contributed by atoms with Gasteiger partial charge in [-0.2, -0.15) is 0 Å². The van der Waals surface area contributed by atoms with Crippen molar-refractivity contribution in [1.82, 2.24) is 0 Å². The van der Waals surface area contributed by atoms with E-state index in [4.69, 9.17) is 12.6 Å². The summed E-state index contributed by atoms with van der Waals surface area (Å²) in [6.45, 7) is 19.5. The van der Waals surface area contributed by atoms with Gasteiger partial charge >= 0.3 is 0 Å². The second kappa shape index (κ2) is 7.37. The molecule has 0 bridgehead atoms. The summed E-state index contributed by atoms with van der Waals surface area (Å²) in [6.07, 6.45) is 0. The Hall–Kier alpha value is 1.56. The smallest absolute Gasteiger partial charge is 0.300 e. The summed E-state index contributed by atoms with van der Waals surface area (Å²) in [4.78, 5) is 0. The molecule has 17 heavy (non-hydrogen) atoms. The average Bonchev–Trinajstić information content (AvgIpc) is 1.70. The van der Waals surface area contributed by atoms with Crippen molar-refractivity contribution < 1.29 is 12.6 Å². The van der Waals surface area contributed by atoms with E-state index < -0.39 is 33.6 Å². The summed E-state index contributed by atoms with van der Waals surface area (Å²) in [5, 5.41) is 0. The van der Waals surface area contributed by atoms with Crippen LogP contribution in [-0.4, -0.2) is 43.8 Å². The van der Waals surface area contributed by atoms with E-state index in [1.165, 1.54) is 0 Å². The molecule has 0 aromatic heterocycles. The molecule has 0 heterocycles. The number of rotatable bonds is 6. The van der Waals surface area contributed by atoms with Crippen LogP contribution < -0.4 is 0 Å². The van der Waals surface area contributed by atoms with Crippen LogP contribution in [0.25, 0.3) is 0 Å². The van der Waals surface area contributed by atoms with E-state index in [9.17, 15) is 0 Å². The average molecular weight is 305 g/mol. The summed E-state index contributed by atoms with van der Waals surface area (Å²) in [5.74, 6) is 0. The Balaban J connectivity index is 0. The Morgan fingerprint density at radius 2 is 0.706 bits per heavy atom. The minimum absolute atomic E-state index is 0. The Morgan fingerprint density at radius 3 is 0.824 bits per heavy atom. The van der Waals surface area contributed by atoms with Crippen LogP contribution in [0.5, 0.6) is 0 Å². The maximum absolute atomic E-state index is 6.02. The van der Waals surface area contributed by atoms with Crippen LogP contribution >= 0.6 is 8.60 Å². The largest absolute Gasteiger partial charge is 0.356 e. The van der Waals surface area contributed by atoms with Crippen LogP contribution in [0.15, 0.2) is 0 Å². The molecular formula is C9H27LiO3PSi3. The predicted octanol–water partition coefficient (Wildman–Crippen LogP) is 4.39. The van der Waals surface area contributed by atoms with E-state index in [-0.39, 0.29) is 18.9 Å². The third-order valence-electron chi connectivity index (χ3n) is 1.05. The molecule has 0 aliphatic carbocycles. The van der Waals surface area contributed by atoms with Crippen LogP contribution in [0.2, 0.25) is 58.9 Å². The molecule has 0 amide bonds. The summed E-state index contributed by atoms with van der Waals surface area (Å²) >= 11 is 0. The Kier molecular flexibility index (Phi) is 9.05. The van der Waals surface area contributed by atoms with Crippen LogP contribution in [0.1, 0.15) is 0 Å². The van der Waals surface area contributed by atoms with Gasteiger partial charge in [-0.3, -0.25) is 0 Å². The van der Waals surface area contributed by atoms with Gasteiger partial charge < -0.3 is 12.6 Å². The van der Waals surface area contributed by atoms with Gasteiger partial charge in [-0.15, -0.1) is 0 Å². The third-order valence-corrected chi connectivity index (χ3v) is 9.41. The van der Waals surface area contributed by atoms with Gasteiger partial charge in [0.2, 0.25) is 0 Å². The van der Waals surface area contributed by atoms with Crippen molar-refractivity contribution in [2.45, 2.75) is 58.9 Å². The van der Waals surface area contributed by atoms with Crippen molar-refractivity contribution in [1.29, 1.82) is 0 Å². The third kappa shape index (κ3) is 15.5. The zero-order chi connectivity index (χ0) is 13.2. The molecule has 0 saturated carbocycles. The first-order chi connectivity index (χ1) is 6.79. The van der Waals surface area contributed by atoms with Gasteiger partial charge in [0.05, 0.1) is 0 Å². The fourth-order valence-corrected chi connectivity index (χ4v) is 7.55. The van der Waals surface area contributed by atoms with Gasteiger partial charge in [0.15, 0.2) is 25.0 Å². The van der Waals surface area contributed by atoms with Crippen molar-refractivity contribution in [3.63, 3.8) is 0 Å². The number of hydrogen-bond donors (Lipinski definition) is 0. The molecule has 0 rings (SSSR count). The maximum atomic E-state index is 6.02. The summed E-state index contributed by atoms with van der Waals surface area (Å²) < 4.78 is 18.1. The Labute approximate surface area is 124 Å². The van der Waals surface area contributed by atoms with Crippen molar-refractivity contribution in [3.8, 4) is 0 Å². The van der Waals surface area contributed by atoms with Crippen LogP contribution in [0.4, 0.5) is 0 Å². The molecular weight excluding hydrogens is 278 g/mol. The molecule has 0 aliphatic heterocycles. The first kappa shape index (κ1) is 20.9. The number of hydrogen-bond acceptors (Lipinski definition) is 3. The fourth-order valence-electron chi connectivity index (χ4n) is 0.727. The minimum atomic E-state index is -1.60. The fraction of sp³-hybridized carbons (Fsp3) is 1.00. The molecule has 0 fully saturated rings. The molecule has 0 unspecified atom stereocenters. The standard InChI is InChI=1S/C9H27O3PSi3.Li/c1-14(2,3)10-13(11-15(4,5)6)12-16(7,8)9;/h1-9H3;. The van der Waals surface area contributed by atoms with Crippen LogP contribution in [-0.2, 0) is 12.6 Å². The summed E-state index contributed by atoms with van der Waals surface area (Å²) in [5.41, 5.74) is 0. The van der Waals surface area contributed by atoms with E-state index in [1.54, 1.807) is 0 Å². The quantitative estimate of drug-likeness (QED) is 0.538. The van der Waals surface area contributed by atoms with E-state index in [1.807, 2.05) is 0 Å². The molecule has 0 aromatic carbocycles. The van der Waals surface area contributed by atoms with Crippen molar-refractivity contribution in [3.05, 3.63) is 0 Å². The zero-order valence-electron chi connectivity index (χ0n) is 13.2. The second-order valence-corrected chi connectivity index (χ2v) is 22.1. The molecule has 1 radical (unpaired) electrons. The Bertz CT molecular complexity index is 185. The van der Waals surface area contributed by atoms with Gasteiger partial charge in [-0.05, 0) is 58.9 Å². The van der Waals surface area contributed by atoms with Crippen LogP contribution in [0, 0.1) is 0 Å². The van der Waals surface area contributed by atoms with Gasteiger partial charge in [-0.25, -0.2) is 0 Å². The topological polar surface area (TPSA) is 27.7 Å². The van der Waals surface area contributed by atoms with Gasteiger partial charge in [0.25, 0.3) is 8.60 Å². The summed E-state index contributed by atoms with van der Waals surface area (Å²) in [6, 6.07) is 0. The molecule has 0 N–H and O–H groups in total. The zero-order valence-corrected chi connectivity index (χ0v) is 17.1. The van der Waals surface area contributed by atoms with Crippen molar-refractivity contribution in [2.24, 2.45) is 0 Å². The molecule has 99 valence electrons. The molecule has 0 aliphatic rings. The molecule has 3 nitrogen and oxygen atoms in total. The minimum Gasteiger partial charge on any atom is -0.356 e. The summed E-state index contributed by atoms with van der Waals surface area (Å²) in [7, 11) is -5.93. The molecule has 0 atom stereocenters. The maximum Gasteiger partial charge on any atom is 0.300 e. The van der Waals surface area contributed by atoms with E-state index in [0.29, 0.717) is 0 Å². The predicted molar refractivity (Wildman–Crippen MR) is 86.0 cm³/mol. The first-order valence-electron chi connectivity index (χ1n) is 5.66. The molecule has 8 heteroatoms. The van der Waals surface area contributed by atoms with Crippen molar-refractivity contribution >= 4 is 52.4 Å². The van der Waals surface area contributed by atoms with Crippen molar-refractivity contribution in [2.75, 3.05) is 0 Å². The van der Waals surface area contributed by atoms with E-state index in [0.717, 1.165) is 0 Å². The second-order valence-electron chi connectivity index (χ2n) is 6.83. The SMILES string of the molecule is C[Si](C)(C)OP(O[Si](C)(C)C)O[Si](C)(C)C.[Li]. The monoisotopic (exact) mass is 305 g/mol. The van der Waals surface area contributed by atoms with Gasteiger partial charge in [-0.1, -0.05) is 0 Å². The van der Waals surface area contributed by atoms with E-state index in [2.05, 4.69) is 58.9 Å². The van der Waals surface area contributed by atoms with Crippen LogP contribution in [0.3, 0.4) is 0 Å². The molecule has 0 aromatic rings. The molecule has 0 spiro atoms. The van der Waals surface area contributed by atoms with Gasteiger partial charge in [0.1, 0.15) is 0 Å². The first-order valence-corrected chi connectivity index (χ1v) is 17.0. The normalized spacial score (nSPS) is 13.8. The molecule has 0 saturated heterocycles. The van der Waals surface area contributed by atoms with Gasteiger partial charge in [0, 0.05) is 18.9 Å².